The van der Waals surface area contributed by atoms with E-state index in [1.54, 1.807) is 0 Å². The Kier molecular flexibility index (Phi) is 4.77. The number of hydrogen-bond acceptors (Lipinski definition) is 2. The van der Waals surface area contributed by atoms with Crippen LogP contribution >= 0.6 is 15.9 Å². The smallest absolute Gasteiger partial charge is 0.0790 e. The highest BCUT2D eigenvalue weighted by Gasteiger charge is 2.09. The van der Waals surface area contributed by atoms with E-state index in [1.807, 2.05) is 29.1 Å². The molecule has 0 aliphatic rings. The molecule has 0 atom stereocenters. The van der Waals surface area contributed by atoms with Crippen molar-refractivity contribution in [2.45, 2.75) is 27.3 Å². The van der Waals surface area contributed by atoms with Crippen molar-refractivity contribution in [1.82, 2.24) is 15.1 Å². The van der Waals surface area contributed by atoms with E-state index >= 15 is 0 Å². The zero-order valence-corrected chi connectivity index (χ0v) is 13.2. The summed E-state index contributed by atoms with van der Waals surface area (Å²) >= 11 is 3.57. The van der Waals surface area contributed by atoms with E-state index in [2.05, 4.69) is 53.2 Å². The Labute approximate surface area is 123 Å². The fourth-order valence-corrected chi connectivity index (χ4v) is 2.43. The van der Waals surface area contributed by atoms with E-state index in [4.69, 9.17) is 0 Å². The van der Waals surface area contributed by atoms with Gasteiger partial charge < -0.3 is 5.32 Å². The number of rotatable bonds is 5. The number of halogens is 1. The zero-order valence-electron chi connectivity index (χ0n) is 11.7. The molecule has 102 valence electrons. The first-order chi connectivity index (χ1) is 9.09. The first-order valence-corrected chi connectivity index (χ1v) is 7.38. The van der Waals surface area contributed by atoms with Crippen molar-refractivity contribution in [2.75, 3.05) is 6.54 Å². The quantitative estimate of drug-likeness (QED) is 0.910. The summed E-state index contributed by atoms with van der Waals surface area (Å²) in [6.07, 6.45) is 1.95. The van der Waals surface area contributed by atoms with Crippen molar-refractivity contribution in [3.63, 3.8) is 0 Å². The van der Waals surface area contributed by atoms with Gasteiger partial charge in [-0.25, -0.2) is 4.68 Å². The Hall–Kier alpha value is -1.13. The maximum Gasteiger partial charge on any atom is 0.0790 e. The number of nitrogens with one attached hydrogen (secondary N) is 1. The molecule has 2 aromatic rings. The summed E-state index contributed by atoms with van der Waals surface area (Å²) in [5.41, 5.74) is 3.51. The highest BCUT2D eigenvalue weighted by Crippen LogP contribution is 2.22. The van der Waals surface area contributed by atoms with Crippen molar-refractivity contribution in [3.8, 4) is 5.69 Å². The van der Waals surface area contributed by atoms with Gasteiger partial charge in [-0.3, -0.25) is 0 Å². The molecule has 0 aliphatic carbocycles. The van der Waals surface area contributed by atoms with Gasteiger partial charge in [-0.05, 0) is 47.4 Å². The molecule has 2 rings (SSSR count). The average Bonchev–Trinajstić information content (AvgIpc) is 2.72. The van der Waals surface area contributed by atoms with Crippen LogP contribution < -0.4 is 5.32 Å². The second-order valence-corrected chi connectivity index (χ2v) is 6.00. The predicted molar refractivity (Wildman–Crippen MR) is 82.5 cm³/mol. The van der Waals surface area contributed by atoms with Gasteiger partial charge in [0.1, 0.15) is 0 Å². The summed E-state index contributed by atoms with van der Waals surface area (Å²) < 4.78 is 3.04. The number of aromatic nitrogens is 2. The Morgan fingerprint density at radius 3 is 2.74 bits per heavy atom. The standard InChI is InChI=1S/C15H20BrN3/c1-11(2)8-17-9-13-10-18-19(12(13)3)15-7-5-4-6-14(15)16/h4-7,10-11,17H,8-9H2,1-3H3. The minimum Gasteiger partial charge on any atom is -0.312 e. The number of nitrogens with zero attached hydrogens (tertiary/aromatic N) is 2. The maximum atomic E-state index is 4.49. The molecule has 3 nitrogen and oxygen atoms in total. The predicted octanol–water partition coefficient (Wildman–Crippen LogP) is 3.69. The van der Waals surface area contributed by atoms with Crippen LogP contribution in [0, 0.1) is 12.8 Å². The van der Waals surface area contributed by atoms with Crippen LogP contribution in [0.15, 0.2) is 34.9 Å². The largest absolute Gasteiger partial charge is 0.312 e. The Balaban J connectivity index is 2.17. The molecule has 0 bridgehead atoms. The van der Waals surface area contributed by atoms with Crippen LogP contribution in [0.5, 0.6) is 0 Å². The maximum absolute atomic E-state index is 4.49. The summed E-state index contributed by atoms with van der Waals surface area (Å²) in [4.78, 5) is 0. The van der Waals surface area contributed by atoms with Crippen molar-refractivity contribution >= 4 is 15.9 Å². The number of benzene rings is 1. The topological polar surface area (TPSA) is 29.9 Å². The molecule has 0 amide bonds. The molecule has 0 spiro atoms. The molecule has 0 saturated heterocycles. The molecular formula is C15H20BrN3. The lowest BCUT2D eigenvalue weighted by Gasteiger charge is -2.09. The third kappa shape index (κ3) is 3.45. The Bertz CT molecular complexity index is 546. The Morgan fingerprint density at radius 2 is 2.05 bits per heavy atom. The van der Waals surface area contributed by atoms with Crippen molar-refractivity contribution in [3.05, 3.63) is 46.2 Å². The monoisotopic (exact) mass is 321 g/mol. The van der Waals surface area contributed by atoms with E-state index in [9.17, 15) is 0 Å². The molecule has 1 aromatic heterocycles. The molecule has 1 N–H and O–H groups in total. The van der Waals surface area contributed by atoms with Crippen LogP contribution in [-0.4, -0.2) is 16.3 Å². The van der Waals surface area contributed by atoms with Gasteiger partial charge in [-0.1, -0.05) is 26.0 Å². The lowest BCUT2D eigenvalue weighted by molar-refractivity contribution is 0.551. The minimum atomic E-state index is 0.665. The van der Waals surface area contributed by atoms with E-state index in [1.165, 1.54) is 11.3 Å². The molecule has 1 heterocycles. The molecule has 1 aromatic carbocycles. The molecule has 0 fully saturated rings. The van der Waals surface area contributed by atoms with E-state index in [-0.39, 0.29) is 0 Å². The van der Waals surface area contributed by atoms with Gasteiger partial charge >= 0.3 is 0 Å². The van der Waals surface area contributed by atoms with Gasteiger partial charge in [0, 0.05) is 22.3 Å². The highest BCUT2D eigenvalue weighted by atomic mass is 79.9. The highest BCUT2D eigenvalue weighted by molar-refractivity contribution is 9.10. The minimum absolute atomic E-state index is 0.665. The molecule has 19 heavy (non-hydrogen) atoms. The van der Waals surface area contributed by atoms with E-state index in [0.717, 1.165) is 23.2 Å². The molecule has 0 saturated carbocycles. The van der Waals surface area contributed by atoms with Gasteiger partial charge in [-0.2, -0.15) is 5.10 Å². The molecule has 4 heteroatoms. The van der Waals surface area contributed by atoms with Crippen LogP contribution in [0.2, 0.25) is 0 Å². The van der Waals surface area contributed by atoms with Crippen molar-refractivity contribution in [1.29, 1.82) is 0 Å². The van der Waals surface area contributed by atoms with E-state index in [0.29, 0.717) is 5.92 Å². The molecule has 0 radical (unpaired) electrons. The second kappa shape index (κ2) is 6.35. The second-order valence-electron chi connectivity index (χ2n) is 5.14. The van der Waals surface area contributed by atoms with Crippen LogP contribution in [0.3, 0.4) is 0 Å². The van der Waals surface area contributed by atoms with Crippen molar-refractivity contribution < 1.29 is 0 Å². The van der Waals surface area contributed by atoms with Gasteiger partial charge in [0.2, 0.25) is 0 Å². The summed E-state index contributed by atoms with van der Waals surface area (Å²) in [6, 6.07) is 8.14. The first-order valence-electron chi connectivity index (χ1n) is 6.58. The van der Waals surface area contributed by atoms with Gasteiger partial charge in [0.25, 0.3) is 0 Å². The fourth-order valence-electron chi connectivity index (χ4n) is 1.98. The summed E-state index contributed by atoms with van der Waals surface area (Å²) in [7, 11) is 0. The first kappa shape index (κ1) is 14.3. The van der Waals surface area contributed by atoms with Gasteiger partial charge in [-0.15, -0.1) is 0 Å². The van der Waals surface area contributed by atoms with E-state index < -0.39 is 0 Å². The van der Waals surface area contributed by atoms with Crippen LogP contribution in [-0.2, 0) is 6.54 Å². The summed E-state index contributed by atoms with van der Waals surface area (Å²) in [6.45, 7) is 8.43. The number of hydrogen-bond donors (Lipinski definition) is 1. The van der Waals surface area contributed by atoms with Gasteiger partial charge in [0.15, 0.2) is 0 Å². The lowest BCUT2D eigenvalue weighted by atomic mass is 10.2. The van der Waals surface area contributed by atoms with Crippen molar-refractivity contribution in [2.24, 2.45) is 5.92 Å². The third-order valence-corrected chi connectivity index (χ3v) is 3.73. The third-order valence-electron chi connectivity index (χ3n) is 3.06. The molecular weight excluding hydrogens is 302 g/mol. The van der Waals surface area contributed by atoms with Crippen LogP contribution in [0.25, 0.3) is 5.69 Å². The average molecular weight is 322 g/mol. The molecule has 0 aliphatic heterocycles. The van der Waals surface area contributed by atoms with Crippen LogP contribution in [0.4, 0.5) is 0 Å². The van der Waals surface area contributed by atoms with Gasteiger partial charge in [0.05, 0.1) is 11.9 Å². The normalized spacial score (nSPS) is 11.2. The Morgan fingerprint density at radius 1 is 1.32 bits per heavy atom. The SMILES string of the molecule is Cc1c(CNCC(C)C)cnn1-c1ccccc1Br. The summed E-state index contributed by atoms with van der Waals surface area (Å²) in [5, 5.41) is 7.95. The fraction of sp³-hybridized carbons (Fsp3) is 0.400. The molecule has 0 unspecified atom stereocenters. The number of para-hydroxylation sites is 1. The lowest BCUT2D eigenvalue weighted by Crippen LogP contribution is -2.19. The van der Waals surface area contributed by atoms with Crippen LogP contribution in [0.1, 0.15) is 25.1 Å². The summed E-state index contributed by atoms with van der Waals surface area (Å²) in [5.74, 6) is 0.665. The zero-order chi connectivity index (χ0) is 13.8.